The van der Waals surface area contributed by atoms with E-state index in [2.05, 4.69) is 21.2 Å². The number of aryl methyl sites for hydroxylation is 1. The molecular weight excluding hydrogens is 346 g/mol. The molecule has 1 amide bonds. The van der Waals surface area contributed by atoms with E-state index in [0.29, 0.717) is 11.4 Å². The monoisotopic (exact) mass is 359 g/mol. The molecule has 1 N–H and O–H groups in total. The van der Waals surface area contributed by atoms with Gasteiger partial charge in [-0.15, -0.1) is 0 Å². The molecular formula is C17H14BrNO3. The fourth-order valence-corrected chi connectivity index (χ4v) is 2.57. The van der Waals surface area contributed by atoms with Crippen LogP contribution in [-0.2, 0) is 11.3 Å². The van der Waals surface area contributed by atoms with Crippen molar-refractivity contribution in [2.24, 2.45) is 0 Å². The minimum atomic E-state index is -0.505. The van der Waals surface area contributed by atoms with E-state index >= 15 is 0 Å². The zero-order chi connectivity index (χ0) is 15.5. The molecule has 4 nitrogen and oxygen atoms in total. The van der Waals surface area contributed by atoms with Crippen LogP contribution in [-0.4, -0.2) is 6.09 Å². The molecule has 5 heteroatoms. The molecule has 0 aliphatic heterocycles. The predicted molar refractivity (Wildman–Crippen MR) is 88.9 cm³/mol. The summed E-state index contributed by atoms with van der Waals surface area (Å²) in [6.45, 7) is 2.03. The van der Waals surface area contributed by atoms with Gasteiger partial charge in [0, 0.05) is 9.86 Å². The second-order valence-electron chi connectivity index (χ2n) is 4.86. The van der Waals surface area contributed by atoms with Gasteiger partial charge in [0.2, 0.25) is 0 Å². The van der Waals surface area contributed by atoms with E-state index in [9.17, 15) is 4.79 Å². The number of furan rings is 1. The van der Waals surface area contributed by atoms with E-state index in [-0.39, 0.29) is 6.61 Å². The van der Waals surface area contributed by atoms with Gasteiger partial charge < -0.3 is 9.15 Å². The Balaban J connectivity index is 1.74. The third kappa shape index (κ3) is 3.14. The van der Waals surface area contributed by atoms with Gasteiger partial charge in [0.25, 0.3) is 0 Å². The Bertz CT molecular complexity index is 811. The third-order valence-corrected chi connectivity index (χ3v) is 3.76. The van der Waals surface area contributed by atoms with Crippen molar-refractivity contribution in [1.29, 1.82) is 0 Å². The summed E-state index contributed by atoms with van der Waals surface area (Å²) in [4.78, 5) is 12.0. The van der Waals surface area contributed by atoms with Crippen LogP contribution >= 0.6 is 15.9 Å². The van der Waals surface area contributed by atoms with Crippen LogP contribution < -0.4 is 5.32 Å². The molecule has 0 radical (unpaired) electrons. The largest absolute Gasteiger partial charge is 0.459 e. The fraction of sp³-hybridized carbons (Fsp3) is 0.118. The number of benzene rings is 2. The number of fused-ring (bicyclic) bond motifs is 1. The Morgan fingerprint density at radius 3 is 2.77 bits per heavy atom. The van der Waals surface area contributed by atoms with Crippen molar-refractivity contribution >= 4 is 38.7 Å². The molecule has 3 aromatic rings. The lowest BCUT2D eigenvalue weighted by atomic mass is 10.2. The van der Waals surface area contributed by atoms with Crippen molar-refractivity contribution in [2.45, 2.75) is 13.5 Å². The summed E-state index contributed by atoms with van der Waals surface area (Å²) in [5, 5.41) is 3.59. The Hall–Kier alpha value is -2.27. The van der Waals surface area contributed by atoms with Gasteiger partial charge in [0.15, 0.2) is 0 Å². The molecule has 112 valence electrons. The smallest absolute Gasteiger partial charge is 0.412 e. The quantitative estimate of drug-likeness (QED) is 0.694. The Morgan fingerprint density at radius 1 is 1.23 bits per heavy atom. The molecule has 0 fully saturated rings. The predicted octanol–water partition coefficient (Wildman–Crippen LogP) is 5.25. The molecule has 3 rings (SSSR count). The molecule has 0 aliphatic rings. The van der Waals surface area contributed by atoms with Gasteiger partial charge in [0.05, 0.1) is 5.69 Å². The Morgan fingerprint density at radius 2 is 2.00 bits per heavy atom. The fourth-order valence-electron chi connectivity index (χ4n) is 2.21. The number of nitrogens with one attached hydrogen (secondary N) is 1. The summed E-state index contributed by atoms with van der Waals surface area (Å²) in [6.07, 6.45) is -0.505. The highest BCUT2D eigenvalue weighted by Crippen LogP contribution is 2.32. The van der Waals surface area contributed by atoms with E-state index in [0.717, 1.165) is 21.0 Å². The molecule has 1 heterocycles. The standard InChI is InChI=1S/C17H14BrNO3/c1-11-16(14-9-13(18)7-8-15(14)22-11)19-17(20)21-10-12-5-3-2-4-6-12/h2-9H,10H2,1H3,(H,19,20). The van der Waals surface area contributed by atoms with E-state index in [1.54, 1.807) is 6.92 Å². The van der Waals surface area contributed by atoms with Crippen molar-refractivity contribution in [3.8, 4) is 0 Å². The summed E-state index contributed by atoms with van der Waals surface area (Å²) in [5.74, 6) is 0.643. The maximum Gasteiger partial charge on any atom is 0.412 e. The zero-order valence-corrected chi connectivity index (χ0v) is 13.5. The van der Waals surface area contributed by atoms with Gasteiger partial charge in [-0.05, 0) is 30.7 Å². The van der Waals surface area contributed by atoms with Gasteiger partial charge >= 0.3 is 6.09 Å². The number of hydrogen-bond acceptors (Lipinski definition) is 3. The number of hydrogen-bond donors (Lipinski definition) is 1. The van der Waals surface area contributed by atoms with Crippen LogP contribution in [0.2, 0.25) is 0 Å². The number of rotatable bonds is 3. The van der Waals surface area contributed by atoms with Crippen LogP contribution in [0.15, 0.2) is 57.4 Å². The first-order valence-corrected chi connectivity index (χ1v) is 7.59. The number of amides is 1. The maximum absolute atomic E-state index is 12.0. The van der Waals surface area contributed by atoms with Crippen LogP contribution in [0.25, 0.3) is 11.0 Å². The highest BCUT2D eigenvalue weighted by molar-refractivity contribution is 9.10. The van der Waals surface area contributed by atoms with Crippen LogP contribution in [0.3, 0.4) is 0 Å². The number of carbonyl (C=O) groups is 1. The third-order valence-electron chi connectivity index (χ3n) is 3.27. The van der Waals surface area contributed by atoms with E-state index in [1.165, 1.54) is 0 Å². The van der Waals surface area contributed by atoms with Crippen molar-refractivity contribution in [3.05, 3.63) is 64.3 Å². The van der Waals surface area contributed by atoms with Gasteiger partial charge in [0.1, 0.15) is 18.0 Å². The molecule has 0 saturated heterocycles. The number of anilines is 1. The molecule has 0 saturated carbocycles. The number of halogens is 1. The molecule has 0 bridgehead atoms. The first-order chi connectivity index (χ1) is 10.6. The summed E-state index contributed by atoms with van der Waals surface area (Å²) in [6, 6.07) is 15.2. The minimum Gasteiger partial charge on any atom is -0.459 e. The summed E-state index contributed by atoms with van der Waals surface area (Å²) in [5.41, 5.74) is 2.29. The minimum absolute atomic E-state index is 0.227. The van der Waals surface area contributed by atoms with E-state index in [4.69, 9.17) is 9.15 Å². The van der Waals surface area contributed by atoms with Gasteiger partial charge in [-0.2, -0.15) is 0 Å². The van der Waals surface area contributed by atoms with Crippen LogP contribution in [0, 0.1) is 6.92 Å². The van der Waals surface area contributed by atoms with Crippen LogP contribution in [0.4, 0.5) is 10.5 Å². The van der Waals surface area contributed by atoms with Crippen molar-refractivity contribution in [3.63, 3.8) is 0 Å². The number of ether oxygens (including phenoxy) is 1. The first-order valence-electron chi connectivity index (χ1n) is 6.80. The SMILES string of the molecule is Cc1oc2ccc(Br)cc2c1NC(=O)OCc1ccccc1. The van der Waals surface area contributed by atoms with Crippen molar-refractivity contribution < 1.29 is 13.9 Å². The lowest BCUT2D eigenvalue weighted by Crippen LogP contribution is -2.13. The molecule has 0 atom stereocenters. The summed E-state index contributed by atoms with van der Waals surface area (Å²) < 4.78 is 11.8. The molecule has 22 heavy (non-hydrogen) atoms. The molecule has 0 aliphatic carbocycles. The van der Waals surface area contributed by atoms with Gasteiger partial charge in [-0.1, -0.05) is 46.3 Å². The lowest BCUT2D eigenvalue weighted by molar-refractivity contribution is 0.155. The van der Waals surface area contributed by atoms with E-state index < -0.39 is 6.09 Å². The molecule has 2 aromatic carbocycles. The van der Waals surface area contributed by atoms with Crippen LogP contribution in [0.1, 0.15) is 11.3 Å². The van der Waals surface area contributed by atoms with Crippen molar-refractivity contribution in [2.75, 3.05) is 5.32 Å². The average Bonchev–Trinajstić information content (AvgIpc) is 2.82. The molecule has 0 unspecified atom stereocenters. The average molecular weight is 360 g/mol. The van der Waals surface area contributed by atoms with Gasteiger partial charge in [-0.25, -0.2) is 4.79 Å². The van der Waals surface area contributed by atoms with E-state index in [1.807, 2.05) is 48.5 Å². The summed E-state index contributed by atoms with van der Waals surface area (Å²) in [7, 11) is 0. The highest BCUT2D eigenvalue weighted by Gasteiger charge is 2.14. The highest BCUT2D eigenvalue weighted by atomic mass is 79.9. The first kappa shape index (κ1) is 14.7. The van der Waals surface area contributed by atoms with Crippen LogP contribution in [0.5, 0.6) is 0 Å². The normalized spacial score (nSPS) is 10.6. The molecule has 0 spiro atoms. The number of carbonyl (C=O) groups excluding carboxylic acids is 1. The Labute approximate surface area is 136 Å². The second-order valence-corrected chi connectivity index (χ2v) is 5.78. The molecule has 1 aromatic heterocycles. The zero-order valence-electron chi connectivity index (χ0n) is 11.9. The lowest BCUT2D eigenvalue weighted by Gasteiger charge is -2.06. The second kappa shape index (κ2) is 6.23. The topological polar surface area (TPSA) is 51.5 Å². The Kier molecular flexibility index (Phi) is 4.15. The van der Waals surface area contributed by atoms with Gasteiger partial charge in [-0.3, -0.25) is 5.32 Å². The summed E-state index contributed by atoms with van der Waals surface area (Å²) >= 11 is 3.42. The van der Waals surface area contributed by atoms with Crippen molar-refractivity contribution in [1.82, 2.24) is 0 Å². The maximum atomic E-state index is 12.0.